The average Bonchev–Trinajstić information content (AvgIpc) is 3.18. The lowest BCUT2D eigenvalue weighted by molar-refractivity contribution is 0.414. The number of fused-ring (bicyclic) bond motifs is 2. The number of aromatic amines is 1. The van der Waals surface area contributed by atoms with Crippen LogP contribution < -0.4 is 15.0 Å². The van der Waals surface area contributed by atoms with Crippen molar-refractivity contribution >= 4 is 33.5 Å². The van der Waals surface area contributed by atoms with Gasteiger partial charge < -0.3 is 18.5 Å². The zero-order valence-corrected chi connectivity index (χ0v) is 13.6. The quantitative estimate of drug-likeness (QED) is 0.595. The maximum absolute atomic E-state index is 11.0. The Hall–Kier alpha value is -2.93. The van der Waals surface area contributed by atoms with Gasteiger partial charge in [0.2, 0.25) is 0 Å². The Bertz CT molecular complexity index is 1030. The van der Waals surface area contributed by atoms with Gasteiger partial charge in [0.05, 0.1) is 25.0 Å². The van der Waals surface area contributed by atoms with E-state index in [0.717, 1.165) is 11.1 Å². The lowest BCUT2D eigenvalue weighted by Crippen LogP contribution is -1.96. The topological polar surface area (TPSA) is 90.5 Å². The van der Waals surface area contributed by atoms with Crippen LogP contribution >= 0.6 is 11.6 Å². The standard InChI is InChI=1S/C8H6ClNO2.C8H7NO3/c1-11-5-2-3-7-6(4-5)8(9)10-12-7;1-11-5-2-3-7-6(4-5)8(10)9-12-7/h2-4H,1H3;2-4H,1H3,(H,9,10). The Morgan fingerprint density at radius 1 is 1.00 bits per heavy atom. The highest BCUT2D eigenvalue weighted by molar-refractivity contribution is 6.34. The van der Waals surface area contributed by atoms with Crippen LogP contribution in [0.1, 0.15) is 0 Å². The first-order valence-corrected chi connectivity index (χ1v) is 7.24. The van der Waals surface area contributed by atoms with Crippen LogP contribution in [0.4, 0.5) is 0 Å². The number of nitrogens with zero attached hydrogens (tertiary/aromatic N) is 1. The molecule has 0 unspecified atom stereocenters. The molecule has 2 aromatic heterocycles. The van der Waals surface area contributed by atoms with E-state index >= 15 is 0 Å². The molecule has 24 heavy (non-hydrogen) atoms. The summed E-state index contributed by atoms with van der Waals surface area (Å²) >= 11 is 5.74. The minimum Gasteiger partial charge on any atom is -0.497 e. The third-order valence-corrected chi connectivity index (χ3v) is 3.59. The molecule has 7 nitrogen and oxygen atoms in total. The molecule has 2 heterocycles. The van der Waals surface area contributed by atoms with E-state index in [1.54, 1.807) is 50.6 Å². The number of hydrogen-bond acceptors (Lipinski definition) is 6. The third kappa shape index (κ3) is 3.07. The van der Waals surface area contributed by atoms with E-state index in [1.165, 1.54) is 0 Å². The van der Waals surface area contributed by atoms with Crippen LogP contribution in [-0.2, 0) is 0 Å². The molecule has 0 fully saturated rings. The molecule has 124 valence electrons. The second-order valence-corrected chi connectivity index (χ2v) is 5.09. The maximum Gasteiger partial charge on any atom is 0.287 e. The van der Waals surface area contributed by atoms with Gasteiger partial charge in [-0.15, -0.1) is 0 Å². The van der Waals surface area contributed by atoms with Gasteiger partial charge in [0, 0.05) is 0 Å². The van der Waals surface area contributed by atoms with Crippen LogP contribution in [0.5, 0.6) is 11.5 Å². The maximum atomic E-state index is 11.0. The van der Waals surface area contributed by atoms with Gasteiger partial charge in [-0.3, -0.25) is 4.79 Å². The van der Waals surface area contributed by atoms with Crippen LogP contribution in [0, 0.1) is 0 Å². The summed E-state index contributed by atoms with van der Waals surface area (Å²) in [6.45, 7) is 0. The van der Waals surface area contributed by atoms with Crippen LogP contribution in [-0.4, -0.2) is 24.5 Å². The number of nitrogens with one attached hydrogen (secondary N) is 1. The number of hydrogen-bond donors (Lipinski definition) is 1. The molecule has 0 saturated carbocycles. The number of aromatic nitrogens is 2. The number of halogens is 1. The van der Waals surface area contributed by atoms with Crippen molar-refractivity contribution in [3.05, 3.63) is 51.9 Å². The molecule has 0 bridgehead atoms. The number of benzene rings is 2. The molecular weight excluding hydrogens is 336 g/mol. The van der Waals surface area contributed by atoms with Crippen LogP contribution in [0.15, 0.2) is 50.2 Å². The summed E-state index contributed by atoms with van der Waals surface area (Å²) in [5.41, 5.74) is 0.977. The Morgan fingerprint density at radius 2 is 1.62 bits per heavy atom. The van der Waals surface area contributed by atoms with Gasteiger partial charge >= 0.3 is 0 Å². The number of ether oxygens (including phenoxy) is 2. The van der Waals surface area contributed by atoms with Gasteiger partial charge in [0.25, 0.3) is 5.56 Å². The molecule has 8 heteroatoms. The summed E-state index contributed by atoms with van der Waals surface area (Å²) in [6, 6.07) is 10.4. The third-order valence-electron chi connectivity index (χ3n) is 3.32. The molecule has 0 radical (unpaired) electrons. The predicted molar refractivity (Wildman–Crippen MR) is 89.0 cm³/mol. The van der Waals surface area contributed by atoms with E-state index in [1.807, 2.05) is 0 Å². The van der Waals surface area contributed by atoms with Crippen LogP contribution in [0.3, 0.4) is 0 Å². The Morgan fingerprint density at radius 3 is 2.29 bits per heavy atom. The van der Waals surface area contributed by atoms with Gasteiger partial charge in [-0.2, -0.15) is 5.16 Å². The van der Waals surface area contributed by atoms with Crippen molar-refractivity contribution in [1.29, 1.82) is 0 Å². The fraction of sp³-hybridized carbons (Fsp3) is 0.125. The molecule has 4 rings (SSSR count). The molecule has 0 saturated heterocycles. The van der Waals surface area contributed by atoms with E-state index < -0.39 is 0 Å². The largest absolute Gasteiger partial charge is 0.497 e. The van der Waals surface area contributed by atoms with Crippen molar-refractivity contribution in [3.8, 4) is 11.5 Å². The van der Waals surface area contributed by atoms with E-state index in [0.29, 0.717) is 27.5 Å². The number of H-pyrrole nitrogens is 1. The fourth-order valence-corrected chi connectivity index (χ4v) is 2.26. The van der Waals surface area contributed by atoms with Crippen molar-refractivity contribution in [2.24, 2.45) is 0 Å². The zero-order valence-electron chi connectivity index (χ0n) is 12.8. The van der Waals surface area contributed by atoms with Gasteiger partial charge in [0.1, 0.15) is 11.5 Å². The molecule has 4 aromatic rings. The summed E-state index contributed by atoms with van der Waals surface area (Å²) in [4.78, 5) is 11.0. The van der Waals surface area contributed by atoms with Crippen molar-refractivity contribution in [3.63, 3.8) is 0 Å². The number of rotatable bonds is 2. The van der Waals surface area contributed by atoms with Gasteiger partial charge in [-0.1, -0.05) is 16.8 Å². The summed E-state index contributed by atoms with van der Waals surface area (Å²) < 4.78 is 19.7. The van der Waals surface area contributed by atoms with Gasteiger partial charge in [0.15, 0.2) is 16.3 Å². The monoisotopic (exact) mass is 348 g/mol. The first-order valence-electron chi connectivity index (χ1n) is 6.86. The summed E-state index contributed by atoms with van der Waals surface area (Å²) in [5.74, 6) is 1.39. The lowest BCUT2D eigenvalue weighted by atomic mass is 10.2. The molecule has 0 aliphatic carbocycles. The van der Waals surface area contributed by atoms with E-state index in [2.05, 4.69) is 10.3 Å². The normalized spacial score (nSPS) is 10.5. The Balaban J connectivity index is 0.000000141. The lowest BCUT2D eigenvalue weighted by Gasteiger charge is -1.96. The van der Waals surface area contributed by atoms with Crippen molar-refractivity contribution in [2.75, 3.05) is 14.2 Å². The molecule has 0 amide bonds. The molecule has 1 N–H and O–H groups in total. The summed E-state index contributed by atoms with van der Waals surface area (Å²) in [5, 5.41) is 7.50. The fourth-order valence-electron chi connectivity index (χ4n) is 2.07. The van der Waals surface area contributed by atoms with Crippen molar-refractivity contribution in [1.82, 2.24) is 10.3 Å². The van der Waals surface area contributed by atoms with E-state index in [-0.39, 0.29) is 5.56 Å². The zero-order chi connectivity index (χ0) is 17.1. The molecule has 0 aliphatic rings. The minimum atomic E-state index is -0.232. The van der Waals surface area contributed by atoms with Gasteiger partial charge in [-0.05, 0) is 36.4 Å². The van der Waals surface area contributed by atoms with Crippen LogP contribution in [0.25, 0.3) is 21.9 Å². The smallest absolute Gasteiger partial charge is 0.287 e. The van der Waals surface area contributed by atoms with Crippen molar-refractivity contribution < 1.29 is 18.5 Å². The molecule has 0 aliphatic heterocycles. The average molecular weight is 349 g/mol. The van der Waals surface area contributed by atoms with E-state index in [4.69, 9.17) is 30.1 Å². The highest BCUT2D eigenvalue weighted by Crippen LogP contribution is 2.26. The van der Waals surface area contributed by atoms with Crippen molar-refractivity contribution in [2.45, 2.75) is 0 Å². The molecule has 2 aromatic carbocycles. The minimum absolute atomic E-state index is 0.232. The first-order chi connectivity index (χ1) is 11.6. The van der Waals surface area contributed by atoms with Crippen LogP contribution in [0.2, 0.25) is 5.15 Å². The molecule has 0 spiro atoms. The SMILES string of the molecule is COc1ccc2o[nH]c(=O)c2c1.COc1ccc2onc(Cl)c2c1. The molecular formula is C16H13ClN2O5. The summed E-state index contributed by atoms with van der Waals surface area (Å²) in [6.07, 6.45) is 0. The van der Waals surface area contributed by atoms with E-state index in [9.17, 15) is 4.79 Å². The predicted octanol–water partition coefficient (Wildman–Crippen LogP) is 3.62. The highest BCUT2D eigenvalue weighted by Gasteiger charge is 2.06. The van der Waals surface area contributed by atoms with Gasteiger partial charge in [-0.25, -0.2) is 0 Å². The number of methoxy groups -OCH3 is 2. The second kappa shape index (κ2) is 6.67. The Labute approximate surface area is 140 Å². The second-order valence-electron chi connectivity index (χ2n) is 4.73. The Kier molecular flexibility index (Phi) is 4.43. The first kappa shape index (κ1) is 15.9. The highest BCUT2D eigenvalue weighted by atomic mass is 35.5. The summed E-state index contributed by atoms with van der Waals surface area (Å²) in [7, 11) is 3.15. The molecule has 0 atom stereocenters.